The Morgan fingerprint density at radius 3 is 2.05 bits per heavy atom. The minimum atomic E-state index is 0.339. The van der Waals surface area contributed by atoms with Crippen LogP contribution in [0, 0.1) is 29.6 Å². The van der Waals surface area contributed by atoms with Crippen LogP contribution in [0.25, 0.3) is 0 Å². The van der Waals surface area contributed by atoms with Gasteiger partial charge >= 0.3 is 0 Å². The summed E-state index contributed by atoms with van der Waals surface area (Å²) in [5.41, 5.74) is 1.39. The van der Waals surface area contributed by atoms with E-state index >= 15 is 0 Å². The van der Waals surface area contributed by atoms with E-state index in [9.17, 15) is 0 Å². The van der Waals surface area contributed by atoms with Crippen LogP contribution in [0.2, 0.25) is 0 Å². The first-order chi connectivity index (χ1) is 9.69. The summed E-state index contributed by atoms with van der Waals surface area (Å²) in [5, 5.41) is 0.339. The third-order valence-corrected chi connectivity index (χ3v) is 7.04. The minimum Gasteiger partial charge on any atom is -0.122 e. The SMILES string of the molecule is ClC(Cc1ccc(Br)cc1)C1C2CC3CC(C2)CC1C3. The van der Waals surface area contributed by atoms with Gasteiger partial charge in [0, 0.05) is 9.85 Å². The van der Waals surface area contributed by atoms with E-state index in [0.717, 1.165) is 40.5 Å². The second-order valence-electron chi connectivity index (χ2n) is 7.35. The van der Waals surface area contributed by atoms with Crippen molar-refractivity contribution >= 4 is 27.5 Å². The molecule has 0 amide bonds. The summed E-state index contributed by atoms with van der Waals surface area (Å²) in [5.74, 6) is 4.75. The number of hydrogen-bond acceptors (Lipinski definition) is 0. The lowest BCUT2D eigenvalue weighted by Gasteiger charge is -2.55. The molecule has 1 aromatic rings. The lowest BCUT2D eigenvalue weighted by molar-refractivity contribution is -0.0376. The quantitative estimate of drug-likeness (QED) is 0.614. The normalized spacial score (nSPS) is 40.0. The minimum absolute atomic E-state index is 0.339. The summed E-state index contributed by atoms with van der Waals surface area (Å²) in [6.07, 6.45) is 8.46. The Balaban J connectivity index is 1.48. The van der Waals surface area contributed by atoms with Crippen molar-refractivity contribution in [2.75, 3.05) is 0 Å². The first-order valence-electron chi connectivity index (χ1n) is 8.07. The van der Waals surface area contributed by atoms with Gasteiger partial charge in [0.05, 0.1) is 0 Å². The van der Waals surface area contributed by atoms with Crippen molar-refractivity contribution in [1.29, 1.82) is 0 Å². The monoisotopic (exact) mass is 352 g/mol. The molecule has 4 fully saturated rings. The number of rotatable bonds is 3. The van der Waals surface area contributed by atoms with Crippen molar-refractivity contribution in [2.24, 2.45) is 29.6 Å². The van der Waals surface area contributed by atoms with Gasteiger partial charge in [-0.25, -0.2) is 0 Å². The smallest absolute Gasteiger partial charge is 0.0409 e. The highest BCUT2D eigenvalue weighted by Crippen LogP contribution is 2.58. The van der Waals surface area contributed by atoms with Crippen molar-refractivity contribution in [1.82, 2.24) is 0 Å². The van der Waals surface area contributed by atoms with Gasteiger partial charge in [0.25, 0.3) is 0 Å². The van der Waals surface area contributed by atoms with Crippen molar-refractivity contribution in [3.63, 3.8) is 0 Å². The average Bonchev–Trinajstić information content (AvgIpc) is 2.40. The fraction of sp³-hybridized carbons (Fsp3) is 0.667. The summed E-state index contributed by atoms with van der Waals surface area (Å²) in [4.78, 5) is 0. The highest BCUT2D eigenvalue weighted by atomic mass is 79.9. The second kappa shape index (κ2) is 5.32. The van der Waals surface area contributed by atoms with Crippen LogP contribution in [0.15, 0.2) is 28.7 Å². The summed E-state index contributed by atoms with van der Waals surface area (Å²) in [6.45, 7) is 0. The Morgan fingerprint density at radius 2 is 1.50 bits per heavy atom. The lowest BCUT2D eigenvalue weighted by atomic mass is 9.51. The van der Waals surface area contributed by atoms with E-state index in [1.165, 1.54) is 37.7 Å². The van der Waals surface area contributed by atoms with Gasteiger partial charge in [-0.2, -0.15) is 0 Å². The van der Waals surface area contributed by atoms with Gasteiger partial charge < -0.3 is 0 Å². The number of benzene rings is 1. The molecule has 0 radical (unpaired) electrons. The van der Waals surface area contributed by atoms with E-state index in [-0.39, 0.29) is 0 Å². The van der Waals surface area contributed by atoms with Crippen LogP contribution >= 0.6 is 27.5 Å². The maximum Gasteiger partial charge on any atom is 0.0409 e. The molecular formula is C18H22BrCl. The van der Waals surface area contributed by atoms with Crippen molar-refractivity contribution in [3.8, 4) is 0 Å². The molecule has 4 aliphatic rings. The molecule has 4 aliphatic carbocycles. The predicted molar refractivity (Wildman–Crippen MR) is 88.0 cm³/mol. The zero-order valence-corrected chi connectivity index (χ0v) is 14.1. The third kappa shape index (κ3) is 2.46. The maximum atomic E-state index is 6.89. The summed E-state index contributed by atoms with van der Waals surface area (Å²) < 4.78 is 1.15. The Bertz CT molecular complexity index is 453. The zero-order valence-electron chi connectivity index (χ0n) is 11.8. The molecule has 0 aliphatic heterocycles. The van der Waals surface area contributed by atoms with Crippen LogP contribution < -0.4 is 0 Å². The fourth-order valence-electron chi connectivity index (χ4n) is 5.54. The van der Waals surface area contributed by atoms with Crippen LogP contribution in [-0.2, 0) is 6.42 Å². The van der Waals surface area contributed by atoms with Crippen LogP contribution in [0.5, 0.6) is 0 Å². The first kappa shape index (κ1) is 13.6. The second-order valence-corrected chi connectivity index (χ2v) is 8.83. The van der Waals surface area contributed by atoms with Gasteiger partial charge in [0.1, 0.15) is 0 Å². The number of halogens is 2. The Hall–Kier alpha value is -0.0100. The molecule has 0 heterocycles. The van der Waals surface area contributed by atoms with Gasteiger partial charge in [-0.3, -0.25) is 0 Å². The Kier molecular flexibility index (Phi) is 3.63. The number of hydrogen-bond donors (Lipinski definition) is 0. The molecule has 108 valence electrons. The van der Waals surface area contributed by atoms with Gasteiger partial charge in [-0.1, -0.05) is 28.1 Å². The molecule has 4 bridgehead atoms. The maximum absolute atomic E-state index is 6.89. The van der Waals surface area contributed by atoms with Gasteiger partial charge in [-0.05, 0) is 85.8 Å². The van der Waals surface area contributed by atoms with E-state index in [0.29, 0.717) is 5.38 Å². The third-order valence-electron chi connectivity index (χ3n) is 6.06. The van der Waals surface area contributed by atoms with Gasteiger partial charge in [-0.15, -0.1) is 11.6 Å². The van der Waals surface area contributed by atoms with E-state index in [4.69, 9.17) is 11.6 Å². The molecule has 0 spiro atoms. The Morgan fingerprint density at radius 1 is 0.950 bits per heavy atom. The molecule has 0 N–H and O–H groups in total. The highest BCUT2D eigenvalue weighted by Gasteiger charge is 2.50. The molecular weight excluding hydrogens is 332 g/mol. The fourth-order valence-corrected chi connectivity index (χ4v) is 6.39. The van der Waals surface area contributed by atoms with Crippen LogP contribution in [0.4, 0.5) is 0 Å². The molecule has 20 heavy (non-hydrogen) atoms. The molecule has 0 saturated heterocycles. The van der Waals surface area contributed by atoms with Crippen LogP contribution in [0.3, 0.4) is 0 Å². The van der Waals surface area contributed by atoms with Gasteiger partial charge in [0.2, 0.25) is 0 Å². The van der Waals surface area contributed by atoms with E-state index in [2.05, 4.69) is 40.2 Å². The molecule has 5 rings (SSSR count). The topological polar surface area (TPSA) is 0 Å². The molecule has 1 unspecified atom stereocenters. The Labute approximate surface area is 135 Å². The average molecular weight is 354 g/mol. The highest BCUT2D eigenvalue weighted by molar-refractivity contribution is 9.10. The lowest BCUT2D eigenvalue weighted by Crippen LogP contribution is -2.48. The first-order valence-corrected chi connectivity index (χ1v) is 9.30. The number of alkyl halides is 1. The summed E-state index contributed by atoms with van der Waals surface area (Å²) in [7, 11) is 0. The van der Waals surface area contributed by atoms with Crippen LogP contribution in [-0.4, -0.2) is 5.38 Å². The molecule has 4 saturated carbocycles. The summed E-state index contributed by atoms with van der Waals surface area (Å²) in [6, 6.07) is 8.71. The molecule has 2 heteroatoms. The van der Waals surface area contributed by atoms with E-state index in [1.54, 1.807) is 0 Å². The van der Waals surface area contributed by atoms with E-state index < -0.39 is 0 Å². The summed E-state index contributed by atoms with van der Waals surface area (Å²) >= 11 is 10.4. The molecule has 1 atom stereocenters. The van der Waals surface area contributed by atoms with Gasteiger partial charge in [0.15, 0.2) is 0 Å². The van der Waals surface area contributed by atoms with Crippen LogP contribution in [0.1, 0.15) is 37.7 Å². The molecule has 0 aromatic heterocycles. The predicted octanol–water partition coefficient (Wildman–Crippen LogP) is 5.67. The molecule has 1 aromatic carbocycles. The standard InChI is InChI=1S/C18H22BrCl/c19-16-3-1-11(2-4-16)10-17(20)18-14-6-12-5-13(8-14)9-15(18)7-12/h1-4,12-15,17-18H,5-10H2. The zero-order chi connectivity index (χ0) is 13.7. The largest absolute Gasteiger partial charge is 0.122 e. The van der Waals surface area contributed by atoms with Crippen molar-refractivity contribution in [2.45, 2.75) is 43.9 Å². The molecule has 0 nitrogen and oxygen atoms in total. The van der Waals surface area contributed by atoms with E-state index in [1.807, 2.05) is 0 Å². The van der Waals surface area contributed by atoms with Crippen molar-refractivity contribution in [3.05, 3.63) is 34.3 Å². The van der Waals surface area contributed by atoms with Crippen molar-refractivity contribution < 1.29 is 0 Å².